The van der Waals surface area contributed by atoms with Gasteiger partial charge in [0.1, 0.15) is 13.2 Å². The molecule has 0 aromatic heterocycles. The van der Waals surface area contributed by atoms with Gasteiger partial charge in [-0.25, -0.2) is 8.42 Å². The Morgan fingerprint density at radius 3 is 2.25 bits per heavy atom. The molecule has 7 nitrogen and oxygen atoms in total. The number of ether oxygens (including phenoxy) is 2. The van der Waals surface area contributed by atoms with E-state index in [4.69, 9.17) is 9.47 Å². The minimum atomic E-state index is -3.75. The molecule has 1 atom stereocenters. The van der Waals surface area contributed by atoms with Crippen LogP contribution in [0.2, 0.25) is 0 Å². The molecule has 1 heterocycles. The fourth-order valence-electron chi connectivity index (χ4n) is 3.31. The molecule has 0 spiro atoms. The first-order valence-corrected chi connectivity index (χ1v) is 11.7. The van der Waals surface area contributed by atoms with E-state index in [-0.39, 0.29) is 16.8 Å². The van der Waals surface area contributed by atoms with Gasteiger partial charge >= 0.3 is 0 Å². The Morgan fingerprint density at radius 1 is 0.906 bits per heavy atom. The lowest BCUT2D eigenvalue weighted by Gasteiger charge is -2.21. The number of sulfonamides is 1. The summed E-state index contributed by atoms with van der Waals surface area (Å²) in [7, 11) is -3.75. The van der Waals surface area contributed by atoms with E-state index < -0.39 is 10.0 Å². The van der Waals surface area contributed by atoms with Gasteiger partial charge in [0, 0.05) is 11.3 Å². The Labute approximate surface area is 187 Å². The highest BCUT2D eigenvalue weighted by Crippen LogP contribution is 2.32. The van der Waals surface area contributed by atoms with Gasteiger partial charge in [-0.2, -0.15) is 0 Å². The molecule has 1 aliphatic heterocycles. The molecule has 166 valence electrons. The number of nitrogens with one attached hydrogen (secondary N) is 2. The number of hydrogen-bond donors (Lipinski definition) is 2. The highest BCUT2D eigenvalue weighted by Gasteiger charge is 2.18. The van der Waals surface area contributed by atoms with Crippen molar-refractivity contribution in [2.24, 2.45) is 0 Å². The van der Waals surface area contributed by atoms with Crippen molar-refractivity contribution in [3.63, 3.8) is 0 Å². The SMILES string of the molecule is Cc1ccc(NS(=O)(=O)c2ccc(C(=O)NC(C)c3ccc4c(c3)OCCO4)cc2)cc1. The van der Waals surface area contributed by atoms with E-state index in [2.05, 4.69) is 10.0 Å². The summed E-state index contributed by atoms with van der Waals surface area (Å²) in [5.74, 6) is 1.04. The van der Waals surface area contributed by atoms with Gasteiger partial charge in [0.15, 0.2) is 11.5 Å². The molecule has 0 fully saturated rings. The van der Waals surface area contributed by atoms with Gasteiger partial charge in [0.2, 0.25) is 0 Å². The van der Waals surface area contributed by atoms with Crippen molar-refractivity contribution in [3.05, 3.63) is 83.4 Å². The standard InChI is InChI=1S/C24H24N2O5S/c1-16-3-8-20(9-4-16)26-32(28,29)21-10-5-18(6-11-21)24(27)25-17(2)19-7-12-22-23(15-19)31-14-13-30-22/h3-12,15,17,26H,13-14H2,1-2H3,(H,25,27). The maximum Gasteiger partial charge on any atom is 0.261 e. The summed E-state index contributed by atoms with van der Waals surface area (Å²) in [5, 5.41) is 2.92. The molecular formula is C24H24N2O5S. The number of rotatable bonds is 6. The molecule has 4 rings (SSSR count). The van der Waals surface area contributed by atoms with Crippen LogP contribution in [0.3, 0.4) is 0 Å². The molecule has 2 N–H and O–H groups in total. The first-order valence-electron chi connectivity index (χ1n) is 10.2. The molecule has 1 aliphatic rings. The van der Waals surface area contributed by atoms with Crippen molar-refractivity contribution >= 4 is 21.6 Å². The summed E-state index contributed by atoms with van der Waals surface area (Å²) in [6.45, 7) is 4.81. The van der Waals surface area contributed by atoms with Crippen LogP contribution in [0.1, 0.15) is 34.5 Å². The Kier molecular flexibility index (Phi) is 6.05. The molecule has 0 aliphatic carbocycles. The van der Waals surface area contributed by atoms with Crippen molar-refractivity contribution in [2.45, 2.75) is 24.8 Å². The van der Waals surface area contributed by atoms with Gasteiger partial charge in [0.05, 0.1) is 10.9 Å². The van der Waals surface area contributed by atoms with Crippen molar-refractivity contribution in [3.8, 4) is 11.5 Å². The Hall–Kier alpha value is -3.52. The number of amides is 1. The molecule has 8 heteroatoms. The average Bonchev–Trinajstić information content (AvgIpc) is 2.80. The smallest absolute Gasteiger partial charge is 0.261 e. The van der Waals surface area contributed by atoms with Crippen molar-refractivity contribution < 1.29 is 22.7 Å². The maximum atomic E-state index is 12.7. The maximum absolute atomic E-state index is 12.7. The van der Waals surface area contributed by atoms with Gasteiger partial charge in [0.25, 0.3) is 15.9 Å². The second-order valence-corrected chi connectivity index (χ2v) is 9.28. The number of carbonyl (C=O) groups excluding carboxylic acids is 1. The summed E-state index contributed by atoms with van der Waals surface area (Å²) in [4.78, 5) is 12.7. The lowest BCUT2D eigenvalue weighted by atomic mass is 10.1. The van der Waals surface area contributed by atoms with Crippen LogP contribution in [0.4, 0.5) is 5.69 Å². The predicted molar refractivity (Wildman–Crippen MR) is 122 cm³/mol. The van der Waals surface area contributed by atoms with Gasteiger partial charge in [-0.1, -0.05) is 23.8 Å². The van der Waals surface area contributed by atoms with Crippen LogP contribution in [0.5, 0.6) is 11.5 Å². The number of hydrogen-bond acceptors (Lipinski definition) is 5. The second-order valence-electron chi connectivity index (χ2n) is 7.59. The monoisotopic (exact) mass is 452 g/mol. The number of aryl methyl sites for hydroxylation is 1. The van der Waals surface area contributed by atoms with Gasteiger partial charge in [-0.05, 0) is 67.9 Å². The lowest BCUT2D eigenvalue weighted by Crippen LogP contribution is -2.27. The van der Waals surface area contributed by atoms with Crippen LogP contribution in [-0.2, 0) is 10.0 Å². The summed E-state index contributed by atoms with van der Waals surface area (Å²) >= 11 is 0. The predicted octanol–water partition coefficient (Wildman–Crippen LogP) is 4.06. The molecule has 0 saturated carbocycles. The largest absolute Gasteiger partial charge is 0.486 e. The summed E-state index contributed by atoms with van der Waals surface area (Å²) in [6.07, 6.45) is 0. The third-order valence-electron chi connectivity index (χ3n) is 5.14. The van der Waals surface area contributed by atoms with E-state index in [0.29, 0.717) is 36.0 Å². The first kappa shape index (κ1) is 21.7. The molecule has 1 amide bonds. The molecule has 1 unspecified atom stereocenters. The Bertz CT molecular complexity index is 1220. The number of anilines is 1. The lowest BCUT2D eigenvalue weighted by molar-refractivity contribution is 0.0939. The third kappa shape index (κ3) is 4.86. The van der Waals surface area contributed by atoms with E-state index in [0.717, 1.165) is 11.1 Å². The molecule has 3 aromatic carbocycles. The van der Waals surface area contributed by atoms with Crippen LogP contribution < -0.4 is 19.5 Å². The number of carbonyl (C=O) groups is 1. The normalized spacial score (nSPS) is 13.8. The Morgan fingerprint density at radius 2 is 1.56 bits per heavy atom. The summed E-state index contributed by atoms with van der Waals surface area (Å²) in [5.41, 5.74) is 2.76. The fraction of sp³-hybridized carbons (Fsp3) is 0.208. The molecule has 0 bridgehead atoms. The average molecular weight is 453 g/mol. The highest BCUT2D eigenvalue weighted by molar-refractivity contribution is 7.92. The van der Waals surface area contributed by atoms with Gasteiger partial charge in [-0.15, -0.1) is 0 Å². The molecule has 32 heavy (non-hydrogen) atoms. The summed E-state index contributed by atoms with van der Waals surface area (Å²) in [6, 6.07) is 18.2. The van der Waals surface area contributed by atoms with Crippen LogP contribution in [-0.4, -0.2) is 27.5 Å². The van der Waals surface area contributed by atoms with Crippen LogP contribution in [0.25, 0.3) is 0 Å². The van der Waals surface area contributed by atoms with Crippen molar-refractivity contribution in [1.82, 2.24) is 5.32 Å². The van der Waals surface area contributed by atoms with Gasteiger partial charge < -0.3 is 14.8 Å². The van der Waals surface area contributed by atoms with Gasteiger partial charge in [-0.3, -0.25) is 9.52 Å². The Balaban J connectivity index is 1.43. The molecule has 0 radical (unpaired) electrons. The first-order chi connectivity index (χ1) is 15.3. The molecule has 0 saturated heterocycles. The second kappa shape index (κ2) is 8.92. The minimum Gasteiger partial charge on any atom is -0.486 e. The zero-order valence-electron chi connectivity index (χ0n) is 17.8. The summed E-state index contributed by atoms with van der Waals surface area (Å²) < 4.78 is 38.9. The minimum absolute atomic E-state index is 0.0782. The van der Waals surface area contributed by atoms with E-state index in [9.17, 15) is 13.2 Å². The van der Waals surface area contributed by atoms with Crippen LogP contribution >= 0.6 is 0 Å². The highest BCUT2D eigenvalue weighted by atomic mass is 32.2. The van der Waals surface area contributed by atoms with Crippen LogP contribution in [0.15, 0.2) is 71.6 Å². The van der Waals surface area contributed by atoms with Crippen LogP contribution in [0, 0.1) is 6.92 Å². The zero-order valence-corrected chi connectivity index (χ0v) is 18.6. The van der Waals surface area contributed by atoms with Crippen molar-refractivity contribution in [2.75, 3.05) is 17.9 Å². The van der Waals surface area contributed by atoms with E-state index >= 15 is 0 Å². The van der Waals surface area contributed by atoms with E-state index in [1.54, 1.807) is 12.1 Å². The van der Waals surface area contributed by atoms with E-state index in [1.807, 2.05) is 44.2 Å². The third-order valence-corrected chi connectivity index (χ3v) is 6.54. The molecule has 3 aromatic rings. The van der Waals surface area contributed by atoms with Crippen molar-refractivity contribution in [1.29, 1.82) is 0 Å². The topological polar surface area (TPSA) is 93.7 Å². The zero-order chi connectivity index (χ0) is 22.7. The number of benzene rings is 3. The number of fused-ring (bicyclic) bond motifs is 1. The quantitative estimate of drug-likeness (QED) is 0.588. The molecular weight excluding hydrogens is 428 g/mol. The van der Waals surface area contributed by atoms with E-state index in [1.165, 1.54) is 24.3 Å². The fourth-order valence-corrected chi connectivity index (χ4v) is 4.37.